The van der Waals surface area contributed by atoms with Gasteiger partial charge >= 0.3 is 12.1 Å². The van der Waals surface area contributed by atoms with Crippen LogP contribution in [-0.2, 0) is 20.9 Å². The second-order valence-corrected chi connectivity index (χ2v) is 8.44. The number of rotatable bonds is 8. The van der Waals surface area contributed by atoms with Crippen LogP contribution in [0.3, 0.4) is 0 Å². The van der Waals surface area contributed by atoms with Gasteiger partial charge in [0.25, 0.3) is 0 Å². The Morgan fingerprint density at radius 3 is 2.23 bits per heavy atom. The van der Waals surface area contributed by atoms with Crippen molar-refractivity contribution in [3.63, 3.8) is 0 Å². The van der Waals surface area contributed by atoms with E-state index in [9.17, 15) is 23.9 Å². The number of benzene rings is 3. The predicted molar refractivity (Wildman–Crippen MR) is 127 cm³/mol. The summed E-state index contributed by atoms with van der Waals surface area (Å²) in [4.78, 5) is 38.1. The number of fused-ring (bicyclic) bond motifs is 3. The van der Waals surface area contributed by atoms with E-state index in [1.165, 1.54) is 30.1 Å². The number of carboxylic acids is 1. The van der Waals surface area contributed by atoms with Gasteiger partial charge in [-0.3, -0.25) is 9.59 Å². The molecule has 8 heteroatoms. The summed E-state index contributed by atoms with van der Waals surface area (Å²) in [7, 11) is 1.46. The molecule has 1 atom stereocenters. The summed E-state index contributed by atoms with van der Waals surface area (Å²) in [5, 5.41) is 11.7. The van der Waals surface area contributed by atoms with E-state index in [0.717, 1.165) is 22.3 Å². The SMILES string of the molecule is CN(Cc1cccc(F)c1)C(=O)C(CC(=O)O)NC(=O)OCC1c2ccccc2-c2ccccc21. The molecule has 2 N–H and O–H groups in total. The van der Waals surface area contributed by atoms with Crippen LogP contribution in [0.2, 0.25) is 0 Å². The molecule has 0 saturated heterocycles. The number of hydrogen-bond acceptors (Lipinski definition) is 4. The number of likely N-dealkylation sites (N-methyl/N-ethyl adjacent to an activating group) is 1. The number of halogens is 1. The van der Waals surface area contributed by atoms with Crippen molar-refractivity contribution in [2.45, 2.75) is 24.9 Å². The summed E-state index contributed by atoms with van der Waals surface area (Å²) in [6, 6.07) is 20.2. The number of carbonyl (C=O) groups excluding carboxylic acids is 2. The van der Waals surface area contributed by atoms with Crippen molar-refractivity contribution in [2.24, 2.45) is 0 Å². The van der Waals surface area contributed by atoms with Gasteiger partial charge in [-0.05, 0) is 39.9 Å². The van der Waals surface area contributed by atoms with Crippen molar-refractivity contribution in [3.05, 3.63) is 95.3 Å². The molecule has 180 valence electrons. The molecule has 0 saturated carbocycles. The highest BCUT2D eigenvalue weighted by molar-refractivity contribution is 5.89. The fourth-order valence-corrected chi connectivity index (χ4v) is 4.41. The first kappa shape index (κ1) is 23.9. The van der Waals surface area contributed by atoms with Crippen molar-refractivity contribution in [1.29, 1.82) is 0 Å². The number of nitrogens with zero attached hydrogens (tertiary/aromatic N) is 1. The molecule has 0 radical (unpaired) electrons. The molecule has 3 aromatic rings. The molecule has 2 amide bonds. The van der Waals surface area contributed by atoms with Crippen LogP contribution in [0.4, 0.5) is 9.18 Å². The summed E-state index contributed by atoms with van der Waals surface area (Å²) in [5.74, 6) is -2.48. The normalized spacial score (nSPS) is 12.9. The minimum atomic E-state index is -1.33. The second-order valence-electron chi connectivity index (χ2n) is 8.44. The average molecular weight is 477 g/mol. The van der Waals surface area contributed by atoms with Gasteiger partial charge in [-0.1, -0.05) is 60.7 Å². The van der Waals surface area contributed by atoms with E-state index >= 15 is 0 Å². The highest BCUT2D eigenvalue weighted by atomic mass is 19.1. The van der Waals surface area contributed by atoms with Gasteiger partial charge in [0.15, 0.2) is 0 Å². The lowest BCUT2D eigenvalue weighted by Gasteiger charge is -2.24. The Labute approximate surface area is 202 Å². The zero-order chi connectivity index (χ0) is 24.9. The quantitative estimate of drug-likeness (QED) is 0.509. The van der Waals surface area contributed by atoms with Crippen LogP contribution in [0.15, 0.2) is 72.8 Å². The smallest absolute Gasteiger partial charge is 0.407 e. The molecule has 35 heavy (non-hydrogen) atoms. The van der Waals surface area contributed by atoms with Crippen LogP contribution < -0.4 is 5.32 Å². The van der Waals surface area contributed by atoms with E-state index in [-0.39, 0.29) is 19.1 Å². The highest BCUT2D eigenvalue weighted by Gasteiger charge is 2.31. The fourth-order valence-electron chi connectivity index (χ4n) is 4.41. The van der Waals surface area contributed by atoms with Crippen LogP contribution in [0.1, 0.15) is 29.0 Å². The first-order valence-corrected chi connectivity index (χ1v) is 11.2. The third kappa shape index (κ3) is 5.48. The molecule has 0 heterocycles. The maximum atomic E-state index is 13.5. The lowest BCUT2D eigenvalue weighted by molar-refractivity contribution is -0.142. The molecule has 1 aliphatic rings. The van der Waals surface area contributed by atoms with Crippen LogP contribution >= 0.6 is 0 Å². The van der Waals surface area contributed by atoms with Gasteiger partial charge in [0, 0.05) is 19.5 Å². The molecule has 4 rings (SSSR count). The topological polar surface area (TPSA) is 95.9 Å². The average Bonchev–Trinajstić information content (AvgIpc) is 3.15. The van der Waals surface area contributed by atoms with E-state index < -0.39 is 36.2 Å². The lowest BCUT2D eigenvalue weighted by Crippen LogP contribution is -2.48. The van der Waals surface area contributed by atoms with Crippen LogP contribution in [-0.4, -0.2) is 47.7 Å². The Balaban J connectivity index is 1.42. The largest absolute Gasteiger partial charge is 0.481 e. The number of aliphatic carboxylic acids is 1. The first-order chi connectivity index (χ1) is 16.8. The van der Waals surface area contributed by atoms with E-state index in [0.29, 0.717) is 5.56 Å². The van der Waals surface area contributed by atoms with E-state index in [1.54, 1.807) is 6.07 Å². The summed E-state index contributed by atoms with van der Waals surface area (Å²) in [5.41, 5.74) is 4.77. The third-order valence-corrected chi connectivity index (χ3v) is 6.00. The molecule has 7 nitrogen and oxygen atoms in total. The number of carboxylic acid groups (broad SMARTS) is 1. The van der Waals surface area contributed by atoms with Gasteiger partial charge in [-0.2, -0.15) is 0 Å². The molecule has 1 aliphatic carbocycles. The maximum Gasteiger partial charge on any atom is 0.407 e. The van der Waals surface area contributed by atoms with Crippen molar-refractivity contribution < 1.29 is 28.6 Å². The van der Waals surface area contributed by atoms with Crippen LogP contribution in [0.5, 0.6) is 0 Å². The van der Waals surface area contributed by atoms with Crippen molar-refractivity contribution in [2.75, 3.05) is 13.7 Å². The molecular weight excluding hydrogens is 451 g/mol. The van der Waals surface area contributed by atoms with Gasteiger partial charge in [-0.15, -0.1) is 0 Å². The van der Waals surface area contributed by atoms with E-state index in [2.05, 4.69) is 5.32 Å². The summed E-state index contributed by atoms with van der Waals surface area (Å²) >= 11 is 0. The van der Waals surface area contributed by atoms with Gasteiger partial charge in [0.2, 0.25) is 5.91 Å². The van der Waals surface area contributed by atoms with Gasteiger partial charge in [-0.25, -0.2) is 9.18 Å². The molecule has 0 fully saturated rings. The molecule has 0 aliphatic heterocycles. The summed E-state index contributed by atoms with van der Waals surface area (Å²) in [6.45, 7) is 0.0893. The monoisotopic (exact) mass is 476 g/mol. The zero-order valence-electron chi connectivity index (χ0n) is 19.1. The minimum absolute atomic E-state index is 0.0347. The first-order valence-electron chi connectivity index (χ1n) is 11.2. The summed E-state index contributed by atoms with van der Waals surface area (Å²) < 4.78 is 18.9. The number of nitrogens with one attached hydrogen (secondary N) is 1. The summed E-state index contributed by atoms with van der Waals surface area (Å²) in [6.07, 6.45) is -1.50. The Bertz CT molecular complexity index is 1220. The van der Waals surface area contributed by atoms with Crippen molar-refractivity contribution >= 4 is 18.0 Å². The standard InChI is InChI=1S/C27H25FN2O5/c1-30(15-17-7-6-8-18(28)13-17)26(33)24(14-25(31)32)29-27(34)35-16-23-21-11-4-2-9-19(21)20-10-3-5-12-22(20)23/h2-13,23-24H,14-16H2,1H3,(H,29,34)(H,31,32). The Morgan fingerprint density at radius 1 is 1.00 bits per heavy atom. The van der Waals surface area contributed by atoms with Crippen molar-refractivity contribution in [3.8, 4) is 11.1 Å². The van der Waals surface area contributed by atoms with Gasteiger partial charge in [0.1, 0.15) is 18.5 Å². The molecule has 1 unspecified atom stereocenters. The molecule has 3 aromatic carbocycles. The molecular formula is C27H25FN2O5. The van der Waals surface area contributed by atoms with Crippen LogP contribution in [0.25, 0.3) is 11.1 Å². The van der Waals surface area contributed by atoms with Gasteiger partial charge in [0.05, 0.1) is 6.42 Å². The maximum absolute atomic E-state index is 13.5. The Hall–Kier alpha value is -4.20. The van der Waals surface area contributed by atoms with Crippen molar-refractivity contribution in [1.82, 2.24) is 10.2 Å². The molecule has 0 spiro atoms. The Kier molecular flexibility index (Phi) is 7.10. The number of carbonyl (C=O) groups is 3. The minimum Gasteiger partial charge on any atom is -0.481 e. The molecule has 0 bridgehead atoms. The number of hydrogen-bond donors (Lipinski definition) is 2. The molecule has 0 aromatic heterocycles. The van der Waals surface area contributed by atoms with Crippen LogP contribution in [0, 0.1) is 5.82 Å². The van der Waals surface area contributed by atoms with E-state index in [4.69, 9.17) is 4.74 Å². The Morgan fingerprint density at radius 2 is 1.63 bits per heavy atom. The third-order valence-electron chi connectivity index (χ3n) is 6.00. The predicted octanol–water partition coefficient (Wildman–Crippen LogP) is 4.17. The van der Waals surface area contributed by atoms with E-state index in [1.807, 2.05) is 48.5 Å². The number of alkyl carbamates (subject to hydrolysis) is 1. The number of amides is 2. The number of ether oxygens (including phenoxy) is 1. The van der Waals surface area contributed by atoms with Gasteiger partial charge < -0.3 is 20.1 Å². The highest BCUT2D eigenvalue weighted by Crippen LogP contribution is 2.44. The fraction of sp³-hybridized carbons (Fsp3) is 0.222. The lowest BCUT2D eigenvalue weighted by atomic mass is 9.98. The second kappa shape index (κ2) is 10.4. The zero-order valence-corrected chi connectivity index (χ0v) is 19.1.